The van der Waals surface area contributed by atoms with Crippen molar-refractivity contribution in [3.05, 3.63) is 77.4 Å². The number of carbonyl (C=O) groups excluding carboxylic acids is 2. The first kappa shape index (κ1) is 19.3. The number of amides is 2. The van der Waals surface area contributed by atoms with Crippen LogP contribution in [0, 0.1) is 17.6 Å². The summed E-state index contributed by atoms with van der Waals surface area (Å²) >= 11 is 0. The molecule has 2 aliphatic rings. The van der Waals surface area contributed by atoms with E-state index in [4.69, 9.17) is 0 Å². The van der Waals surface area contributed by atoms with Crippen molar-refractivity contribution in [2.75, 3.05) is 6.54 Å². The molecule has 1 aliphatic heterocycles. The Bertz CT molecular complexity index is 970. The van der Waals surface area contributed by atoms with E-state index in [2.05, 4.69) is 5.32 Å². The van der Waals surface area contributed by atoms with Gasteiger partial charge in [0.2, 0.25) is 11.8 Å². The lowest BCUT2D eigenvalue weighted by molar-refractivity contribution is -0.137. The SMILES string of the molecule is CC(=O)N[C@H](C(=O)N1CC(c2cc(F)ccc2F)=C[C@H]1c1ccccc1)C1CC1. The largest absolute Gasteiger partial charge is 0.344 e. The summed E-state index contributed by atoms with van der Waals surface area (Å²) in [5.74, 6) is -1.38. The Morgan fingerprint density at radius 1 is 1.10 bits per heavy atom. The zero-order chi connectivity index (χ0) is 20.5. The fourth-order valence-corrected chi connectivity index (χ4v) is 3.88. The van der Waals surface area contributed by atoms with Crippen LogP contribution in [-0.4, -0.2) is 29.3 Å². The second-order valence-electron chi connectivity index (χ2n) is 7.65. The van der Waals surface area contributed by atoms with Crippen LogP contribution < -0.4 is 5.32 Å². The third-order valence-electron chi connectivity index (χ3n) is 5.45. The van der Waals surface area contributed by atoms with Crippen molar-refractivity contribution in [2.24, 2.45) is 5.92 Å². The maximum Gasteiger partial charge on any atom is 0.246 e. The summed E-state index contributed by atoms with van der Waals surface area (Å²) in [6.45, 7) is 1.55. The highest BCUT2D eigenvalue weighted by Gasteiger charge is 2.42. The summed E-state index contributed by atoms with van der Waals surface area (Å²) in [5.41, 5.74) is 1.59. The van der Waals surface area contributed by atoms with Gasteiger partial charge in [-0.1, -0.05) is 36.4 Å². The normalized spacial score (nSPS) is 19.6. The lowest BCUT2D eigenvalue weighted by atomic mass is 10.0. The third-order valence-corrected chi connectivity index (χ3v) is 5.45. The molecule has 2 atom stereocenters. The van der Waals surface area contributed by atoms with E-state index < -0.39 is 23.7 Å². The number of hydrogen-bond donors (Lipinski definition) is 1. The van der Waals surface area contributed by atoms with Crippen LogP contribution in [-0.2, 0) is 9.59 Å². The van der Waals surface area contributed by atoms with Gasteiger partial charge in [-0.05, 0) is 48.1 Å². The van der Waals surface area contributed by atoms with Crippen LogP contribution in [0.25, 0.3) is 5.57 Å². The topological polar surface area (TPSA) is 49.4 Å². The lowest BCUT2D eigenvalue weighted by Gasteiger charge is -2.29. The molecular weight excluding hydrogens is 374 g/mol. The maximum absolute atomic E-state index is 14.4. The van der Waals surface area contributed by atoms with Gasteiger partial charge in [0.15, 0.2) is 0 Å². The van der Waals surface area contributed by atoms with Gasteiger partial charge in [0.1, 0.15) is 17.7 Å². The standard InChI is InChI=1S/C23H22F2N2O2/c1-14(28)26-22(16-7-8-16)23(29)27-13-17(19-12-18(24)9-10-20(19)25)11-21(27)15-5-3-2-4-6-15/h2-6,9-12,16,21-22H,7-8,13H2,1H3,(H,26,28)/t21-,22-/m0/s1. The van der Waals surface area contributed by atoms with E-state index in [9.17, 15) is 18.4 Å². The van der Waals surface area contributed by atoms with Crippen molar-refractivity contribution < 1.29 is 18.4 Å². The first-order valence-electron chi connectivity index (χ1n) is 9.72. The molecule has 0 aromatic heterocycles. The molecule has 1 aliphatic carbocycles. The Labute approximate surface area is 168 Å². The summed E-state index contributed by atoms with van der Waals surface area (Å²) in [6, 6.07) is 11.8. The van der Waals surface area contributed by atoms with Crippen LogP contribution in [0.2, 0.25) is 0 Å². The molecule has 0 spiro atoms. The summed E-state index contributed by atoms with van der Waals surface area (Å²) in [7, 11) is 0. The van der Waals surface area contributed by atoms with Crippen molar-refractivity contribution >= 4 is 17.4 Å². The Morgan fingerprint density at radius 2 is 1.83 bits per heavy atom. The first-order valence-corrected chi connectivity index (χ1v) is 9.72. The fourth-order valence-electron chi connectivity index (χ4n) is 3.88. The molecule has 0 radical (unpaired) electrons. The minimum absolute atomic E-state index is 0.123. The Hall–Kier alpha value is -3.02. The van der Waals surface area contributed by atoms with Crippen LogP contribution in [0.3, 0.4) is 0 Å². The zero-order valence-corrected chi connectivity index (χ0v) is 16.1. The molecule has 0 unspecified atom stereocenters. The highest BCUT2D eigenvalue weighted by atomic mass is 19.1. The first-order chi connectivity index (χ1) is 13.9. The van der Waals surface area contributed by atoms with Crippen molar-refractivity contribution in [1.82, 2.24) is 10.2 Å². The summed E-state index contributed by atoms with van der Waals surface area (Å²) in [4.78, 5) is 26.7. The smallest absolute Gasteiger partial charge is 0.246 e. The molecule has 2 aromatic rings. The fraction of sp³-hybridized carbons (Fsp3) is 0.304. The van der Waals surface area contributed by atoms with Gasteiger partial charge in [-0.2, -0.15) is 0 Å². The Balaban J connectivity index is 1.70. The van der Waals surface area contributed by atoms with Crippen molar-refractivity contribution in [3.8, 4) is 0 Å². The van der Waals surface area contributed by atoms with Gasteiger partial charge in [-0.25, -0.2) is 8.78 Å². The molecule has 1 heterocycles. The second-order valence-corrected chi connectivity index (χ2v) is 7.65. The van der Waals surface area contributed by atoms with E-state index >= 15 is 0 Å². The van der Waals surface area contributed by atoms with Crippen LogP contribution >= 0.6 is 0 Å². The predicted octanol–water partition coefficient (Wildman–Crippen LogP) is 3.85. The molecule has 1 N–H and O–H groups in total. The number of rotatable bonds is 5. The van der Waals surface area contributed by atoms with Gasteiger partial charge in [0.05, 0.1) is 6.04 Å². The van der Waals surface area contributed by atoms with E-state index in [0.29, 0.717) is 5.57 Å². The highest BCUT2D eigenvalue weighted by molar-refractivity contribution is 5.90. The van der Waals surface area contributed by atoms with Gasteiger partial charge in [0, 0.05) is 19.0 Å². The number of benzene rings is 2. The van der Waals surface area contributed by atoms with Crippen molar-refractivity contribution in [2.45, 2.75) is 31.8 Å². The molecule has 29 heavy (non-hydrogen) atoms. The number of hydrogen-bond acceptors (Lipinski definition) is 2. The summed E-state index contributed by atoms with van der Waals surface area (Å²) in [5, 5.41) is 2.78. The van der Waals surface area contributed by atoms with E-state index in [1.165, 1.54) is 6.92 Å². The monoisotopic (exact) mass is 396 g/mol. The minimum Gasteiger partial charge on any atom is -0.344 e. The van der Waals surface area contributed by atoms with Gasteiger partial charge in [0.25, 0.3) is 0 Å². The van der Waals surface area contributed by atoms with E-state index in [-0.39, 0.29) is 29.8 Å². The molecule has 4 nitrogen and oxygen atoms in total. The molecule has 1 saturated carbocycles. The van der Waals surface area contributed by atoms with E-state index in [1.807, 2.05) is 36.4 Å². The van der Waals surface area contributed by atoms with E-state index in [1.54, 1.807) is 4.90 Å². The van der Waals surface area contributed by atoms with Crippen LogP contribution in [0.5, 0.6) is 0 Å². The number of carbonyl (C=O) groups is 2. The number of nitrogens with one attached hydrogen (secondary N) is 1. The van der Waals surface area contributed by atoms with Crippen LogP contribution in [0.1, 0.15) is 36.9 Å². The Kier molecular flexibility index (Phi) is 5.18. The Morgan fingerprint density at radius 3 is 2.48 bits per heavy atom. The molecule has 150 valence electrons. The highest BCUT2D eigenvalue weighted by Crippen LogP contribution is 2.39. The summed E-state index contributed by atoms with van der Waals surface area (Å²) in [6.07, 6.45) is 3.58. The molecule has 2 amide bonds. The van der Waals surface area contributed by atoms with Gasteiger partial charge in [-0.15, -0.1) is 0 Å². The summed E-state index contributed by atoms with van der Waals surface area (Å²) < 4.78 is 28.1. The second kappa shape index (κ2) is 7.78. The van der Waals surface area contributed by atoms with Gasteiger partial charge >= 0.3 is 0 Å². The number of halogens is 2. The van der Waals surface area contributed by atoms with Crippen molar-refractivity contribution in [1.29, 1.82) is 0 Å². The maximum atomic E-state index is 14.4. The van der Waals surface area contributed by atoms with Gasteiger partial charge in [-0.3, -0.25) is 9.59 Å². The van der Waals surface area contributed by atoms with Crippen LogP contribution in [0.15, 0.2) is 54.6 Å². The quantitative estimate of drug-likeness (QED) is 0.835. The average Bonchev–Trinajstić information content (AvgIpc) is 3.46. The molecular formula is C23H22F2N2O2. The molecule has 6 heteroatoms. The average molecular weight is 396 g/mol. The zero-order valence-electron chi connectivity index (χ0n) is 16.1. The minimum atomic E-state index is -0.594. The molecule has 0 bridgehead atoms. The molecule has 0 saturated heterocycles. The molecule has 4 rings (SSSR count). The lowest BCUT2D eigenvalue weighted by Crippen LogP contribution is -2.49. The number of nitrogens with zero attached hydrogens (tertiary/aromatic N) is 1. The molecule has 1 fully saturated rings. The molecule has 2 aromatic carbocycles. The van der Waals surface area contributed by atoms with E-state index in [0.717, 1.165) is 36.6 Å². The van der Waals surface area contributed by atoms with Gasteiger partial charge < -0.3 is 10.2 Å². The van der Waals surface area contributed by atoms with Crippen LogP contribution in [0.4, 0.5) is 8.78 Å². The van der Waals surface area contributed by atoms with Crippen molar-refractivity contribution in [3.63, 3.8) is 0 Å². The third kappa shape index (κ3) is 4.06. The predicted molar refractivity (Wildman–Crippen MR) is 106 cm³/mol.